The van der Waals surface area contributed by atoms with E-state index in [-0.39, 0.29) is 32.8 Å². The summed E-state index contributed by atoms with van der Waals surface area (Å²) < 4.78 is 10.1. The minimum absolute atomic E-state index is 0.0682. The van der Waals surface area contributed by atoms with Crippen molar-refractivity contribution in [2.75, 3.05) is 26.4 Å². The van der Waals surface area contributed by atoms with E-state index < -0.39 is 11.4 Å². The van der Waals surface area contributed by atoms with Crippen molar-refractivity contribution >= 4 is 5.97 Å². The average molecular weight is 260 g/mol. The summed E-state index contributed by atoms with van der Waals surface area (Å²) >= 11 is 0. The van der Waals surface area contributed by atoms with Crippen LogP contribution >= 0.6 is 0 Å². The van der Waals surface area contributed by atoms with Crippen molar-refractivity contribution in [3.63, 3.8) is 0 Å². The highest BCUT2D eigenvalue weighted by atomic mass is 16.6. The van der Waals surface area contributed by atoms with Crippen LogP contribution < -0.4 is 0 Å². The lowest BCUT2D eigenvalue weighted by Crippen LogP contribution is -2.32. The molecule has 4 nitrogen and oxygen atoms in total. The minimum atomic E-state index is -1.13. The Morgan fingerprint density at radius 2 is 2.21 bits per heavy atom. The van der Waals surface area contributed by atoms with E-state index in [0.29, 0.717) is 5.57 Å². The first-order chi connectivity index (χ1) is 9.18. The molecule has 4 heteroatoms. The summed E-state index contributed by atoms with van der Waals surface area (Å²) in [6.45, 7) is 0.447. The Bertz CT molecular complexity index is 462. The van der Waals surface area contributed by atoms with E-state index in [1.807, 2.05) is 0 Å². The molecule has 19 heavy (non-hydrogen) atoms. The fraction of sp³-hybridized carbons (Fsp3) is 0.400. The van der Waals surface area contributed by atoms with Crippen molar-refractivity contribution in [3.8, 4) is 24.7 Å². The van der Waals surface area contributed by atoms with Gasteiger partial charge in [0.25, 0.3) is 0 Å². The normalized spacial score (nSPS) is 21.1. The molecule has 0 heterocycles. The molecule has 1 unspecified atom stereocenters. The van der Waals surface area contributed by atoms with Gasteiger partial charge in [0.05, 0.1) is 19.8 Å². The summed E-state index contributed by atoms with van der Waals surface area (Å²) in [5, 5.41) is 8.52. The van der Waals surface area contributed by atoms with Crippen LogP contribution in [-0.2, 0) is 14.3 Å². The number of aliphatic hydroxyl groups is 1. The third-order valence-electron chi connectivity index (χ3n) is 2.65. The third-order valence-corrected chi connectivity index (χ3v) is 2.65. The fourth-order valence-corrected chi connectivity index (χ4v) is 1.63. The lowest BCUT2D eigenvalue weighted by atomic mass is 9.79. The number of rotatable bonds is 6. The van der Waals surface area contributed by atoms with E-state index in [4.69, 9.17) is 27.4 Å². The van der Waals surface area contributed by atoms with Crippen LogP contribution in [0.15, 0.2) is 23.8 Å². The van der Waals surface area contributed by atoms with Crippen LogP contribution in [0.3, 0.4) is 0 Å². The van der Waals surface area contributed by atoms with Gasteiger partial charge in [0.2, 0.25) is 0 Å². The van der Waals surface area contributed by atoms with Crippen LogP contribution in [0, 0.1) is 30.1 Å². The van der Waals surface area contributed by atoms with Crippen LogP contribution in [0.4, 0.5) is 0 Å². The number of allylic oxidation sites excluding steroid dienone is 3. The number of hydrogen-bond donors (Lipinski definition) is 1. The predicted octanol–water partition coefficient (Wildman–Crippen LogP) is 0.678. The second-order valence-electron chi connectivity index (χ2n) is 3.96. The molecule has 100 valence electrons. The molecule has 0 aromatic carbocycles. The monoisotopic (exact) mass is 260 g/mol. The first-order valence-electron chi connectivity index (χ1n) is 5.87. The molecule has 1 aliphatic rings. The summed E-state index contributed by atoms with van der Waals surface area (Å²) in [4.78, 5) is 12.0. The molecule has 0 saturated heterocycles. The topological polar surface area (TPSA) is 55.8 Å². The molecule has 0 saturated carbocycles. The number of terminal acetylenes is 2. The van der Waals surface area contributed by atoms with Crippen molar-refractivity contribution in [2.24, 2.45) is 5.41 Å². The number of esters is 1. The lowest BCUT2D eigenvalue weighted by molar-refractivity contribution is -0.151. The maximum Gasteiger partial charge on any atom is 0.328 e. The number of carbonyl (C=O) groups excluding carboxylic acids is 1. The van der Waals surface area contributed by atoms with Gasteiger partial charge in [0.15, 0.2) is 5.41 Å². The summed E-state index contributed by atoms with van der Waals surface area (Å²) in [6.07, 6.45) is 16.1. The van der Waals surface area contributed by atoms with Crippen molar-refractivity contribution < 1.29 is 19.4 Å². The van der Waals surface area contributed by atoms with E-state index in [2.05, 4.69) is 11.8 Å². The molecule has 1 N–H and O–H groups in total. The maximum atomic E-state index is 12.0. The largest absolute Gasteiger partial charge is 0.462 e. The van der Waals surface area contributed by atoms with Gasteiger partial charge in [-0.05, 0) is 0 Å². The zero-order valence-electron chi connectivity index (χ0n) is 10.6. The zero-order valence-corrected chi connectivity index (χ0v) is 10.6. The molecule has 0 fully saturated rings. The Morgan fingerprint density at radius 1 is 1.42 bits per heavy atom. The molecular weight excluding hydrogens is 244 g/mol. The van der Waals surface area contributed by atoms with E-state index >= 15 is 0 Å². The summed E-state index contributed by atoms with van der Waals surface area (Å²) in [6, 6.07) is 0. The second-order valence-corrected chi connectivity index (χ2v) is 3.96. The highest BCUT2D eigenvalue weighted by Crippen LogP contribution is 2.32. The van der Waals surface area contributed by atoms with Crippen molar-refractivity contribution in [1.82, 2.24) is 0 Å². The number of hydrogen-bond acceptors (Lipinski definition) is 4. The second kappa shape index (κ2) is 7.43. The van der Waals surface area contributed by atoms with Gasteiger partial charge < -0.3 is 14.6 Å². The predicted molar refractivity (Wildman–Crippen MR) is 70.8 cm³/mol. The molecule has 0 aromatic heterocycles. The molecule has 1 atom stereocenters. The number of carbonyl (C=O) groups is 1. The quantitative estimate of drug-likeness (QED) is 0.433. The SMILES string of the molecule is C#CC1=CC=CC(C#C)(C(=O)OCCOCCO)C1. The zero-order chi connectivity index (χ0) is 14.1. The average Bonchev–Trinajstić information content (AvgIpc) is 2.46. The summed E-state index contributed by atoms with van der Waals surface area (Å²) in [5.41, 5.74) is -0.470. The van der Waals surface area contributed by atoms with Gasteiger partial charge in [0.1, 0.15) is 6.61 Å². The van der Waals surface area contributed by atoms with Crippen LogP contribution in [-0.4, -0.2) is 37.5 Å². The summed E-state index contributed by atoms with van der Waals surface area (Å²) in [5.74, 6) is 4.43. The first-order valence-corrected chi connectivity index (χ1v) is 5.87. The highest BCUT2D eigenvalue weighted by Gasteiger charge is 2.37. The standard InChI is InChI=1S/C15H16O4/c1-3-13-6-5-7-15(4-2,12-13)14(17)19-11-10-18-9-8-16/h1-2,5-7,16H,8-12H2. The van der Waals surface area contributed by atoms with Crippen LogP contribution in [0.25, 0.3) is 0 Å². The van der Waals surface area contributed by atoms with E-state index in [1.54, 1.807) is 18.2 Å². The van der Waals surface area contributed by atoms with Crippen LogP contribution in [0.2, 0.25) is 0 Å². The Morgan fingerprint density at radius 3 is 2.84 bits per heavy atom. The van der Waals surface area contributed by atoms with Gasteiger partial charge in [-0.15, -0.1) is 12.8 Å². The molecule has 1 rings (SSSR count). The van der Waals surface area contributed by atoms with Gasteiger partial charge in [-0.1, -0.05) is 30.1 Å². The molecular formula is C15H16O4. The van der Waals surface area contributed by atoms with Gasteiger partial charge in [-0.2, -0.15) is 0 Å². The molecule has 0 bridgehead atoms. The number of ether oxygens (including phenoxy) is 2. The Hall–Kier alpha value is -2.01. The molecule has 1 aliphatic carbocycles. The van der Waals surface area contributed by atoms with Crippen LogP contribution in [0.1, 0.15) is 6.42 Å². The minimum Gasteiger partial charge on any atom is -0.462 e. The van der Waals surface area contributed by atoms with Gasteiger partial charge in [0, 0.05) is 12.0 Å². The van der Waals surface area contributed by atoms with Gasteiger partial charge in [-0.3, -0.25) is 4.79 Å². The Labute approximate surface area is 113 Å². The molecule has 0 radical (unpaired) electrons. The van der Waals surface area contributed by atoms with Gasteiger partial charge in [-0.25, -0.2) is 0 Å². The molecule has 0 aromatic rings. The van der Waals surface area contributed by atoms with Crippen LogP contribution in [0.5, 0.6) is 0 Å². The van der Waals surface area contributed by atoms with Crippen molar-refractivity contribution in [3.05, 3.63) is 23.8 Å². The fourth-order valence-electron chi connectivity index (χ4n) is 1.63. The highest BCUT2D eigenvalue weighted by molar-refractivity contribution is 5.84. The van der Waals surface area contributed by atoms with E-state index in [9.17, 15) is 4.79 Å². The molecule has 0 aliphatic heterocycles. The van der Waals surface area contributed by atoms with Crippen molar-refractivity contribution in [1.29, 1.82) is 0 Å². The lowest BCUT2D eigenvalue weighted by Gasteiger charge is -2.24. The number of aliphatic hydroxyl groups excluding tert-OH is 1. The Balaban J connectivity index is 2.55. The first kappa shape index (κ1) is 15.0. The molecule has 0 spiro atoms. The summed E-state index contributed by atoms with van der Waals surface area (Å²) in [7, 11) is 0. The van der Waals surface area contributed by atoms with Gasteiger partial charge >= 0.3 is 5.97 Å². The van der Waals surface area contributed by atoms with E-state index in [0.717, 1.165) is 0 Å². The smallest absolute Gasteiger partial charge is 0.328 e. The van der Waals surface area contributed by atoms with Crippen molar-refractivity contribution in [2.45, 2.75) is 6.42 Å². The van der Waals surface area contributed by atoms with E-state index in [1.165, 1.54) is 0 Å². The third kappa shape index (κ3) is 3.99. The Kier molecular flexibility index (Phi) is 5.89. The molecule has 0 amide bonds. The maximum absolute atomic E-state index is 12.0.